The lowest BCUT2D eigenvalue weighted by Crippen LogP contribution is -2.15. The Kier molecular flexibility index (Phi) is 3.34. The van der Waals surface area contributed by atoms with E-state index in [1.165, 1.54) is 12.8 Å². The third kappa shape index (κ3) is 2.92. The molecule has 0 spiro atoms. The lowest BCUT2D eigenvalue weighted by molar-refractivity contribution is -0.145. The summed E-state index contributed by atoms with van der Waals surface area (Å²) in [5.41, 5.74) is 1.00. The van der Waals surface area contributed by atoms with Gasteiger partial charge in [0.25, 0.3) is 0 Å². The molecule has 1 heterocycles. The molecule has 5 heteroatoms. The van der Waals surface area contributed by atoms with Crippen molar-refractivity contribution >= 4 is 5.97 Å². The monoisotopic (exact) mass is 222 g/mol. The predicted octanol–water partition coefficient (Wildman–Crippen LogP) is 1.30. The second kappa shape index (κ2) is 4.92. The van der Waals surface area contributed by atoms with E-state index in [0.717, 1.165) is 5.69 Å². The van der Waals surface area contributed by atoms with Crippen molar-refractivity contribution in [3.63, 3.8) is 0 Å². The molecule has 1 fully saturated rings. The Balaban J connectivity index is 1.82. The van der Waals surface area contributed by atoms with Gasteiger partial charge in [-0.05, 0) is 19.8 Å². The van der Waals surface area contributed by atoms with E-state index in [-0.39, 0.29) is 6.61 Å². The van der Waals surface area contributed by atoms with Gasteiger partial charge in [0.1, 0.15) is 0 Å². The molecule has 0 aliphatic heterocycles. The average molecular weight is 222 g/mol. The Hall–Kier alpha value is -1.65. The molecule has 86 valence electrons. The summed E-state index contributed by atoms with van der Waals surface area (Å²) < 4.78 is 9.85. The zero-order valence-electron chi connectivity index (χ0n) is 9.18. The highest BCUT2D eigenvalue weighted by atomic mass is 16.6. The normalized spacial score (nSPS) is 14.6. The summed E-state index contributed by atoms with van der Waals surface area (Å²) in [7, 11) is 0. The highest BCUT2D eigenvalue weighted by molar-refractivity contribution is 5.70. The molecule has 16 heavy (non-hydrogen) atoms. The summed E-state index contributed by atoms with van der Waals surface area (Å²) in [6.07, 6.45) is 5.64. The minimum Gasteiger partial charge on any atom is -0.465 e. The molecule has 1 saturated carbocycles. The summed E-state index contributed by atoms with van der Waals surface area (Å²) in [5, 5.41) is 0. The van der Waals surface area contributed by atoms with Crippen molar-refractivity contribution in [3.05, 3.63) is 18.1 Å². The van der Waals surface area contributed by atoms with E-state index in [1.807, 2.05) is 0 Å². The van der Waals surface area contributed by atoms with Gasteiger partial charge in [0.05, 0.1) is 24.7 Å². The summed E-state index contributed by atoms with van der Waals surface area (Å²) in [6, 6.07) is 0. The minimum atomic E-state index is -0.393. The van der Waals surface area contributed by atoms with E-state index in [0.29, 0.717) is 18.4 Å². The van der Waals surface area contributed by atoms with Gasteiger partial charge < -0.3 is 9.47 Å². The van der Waals surface area contributed by atoms with Crippen molar-refractivity contribution in [2.75, 3.05) is 13.2 Å². The van der Waals surface area contributed by atoms with Crippen LogP contribution >= 0.6 is 0 Å². The molecule has 1 aliphatic carbocycles. The highest BCUT2D eigenvalue weighted by Gasteiger charge is 2.25. The maximum atomic E-state index is 11.0. The quantitative estimate of drug-likeness (QED) is 0.702. The molecule has 0 bridgehead atoms. The number of rotatable bonds is 5. The second-order valence-corrected chi connectivity index (χ2v) is 3.65. The first kappa shape index (κ1) is 10.9. The zero-order valence-corrected chi connectivity index (χ0v) is 9.18. The van der Waals surface area contributed by atoms with Crippen molar-refractivity contribution in [1.29, 1.82) is 0 Å². The van der Waals surface area contributed by atoms with Gasteiger partial charge in [-0.1, -0.05) is 0 Å². The topological polar surface area (TPSA) is 61.3 Å². The number of hydrogen-bond acceptors (Lipinski definition) is 5. The van der Waals surface area contributed by atoms with Crippen LogP contribution in [0.2, 0.25) is 0 Å². The first-order chi connectivity index (χ1) is 7.79. The maximum absolute atomic E-state index is 11.0. The van der Waals surface area contributed by atoms with Crippen LogP contribution in [0.5, 0.6) is 5.88 Å². The van der Waals surface area contributed by atoms with Gasteiger partial charge >= 0.3 is 5.97 Å². The summed E-state index contributed by atoms with van der Waals surface area (Å²) in [4.78, 5) is 19.3. The average Bonchev–Trinajstić information content (AvgIpc) is 3.11. The van der Waals surface area contributed by atoms with Gasteiger partial charge in [0, 0.05) is 5.92 Å². The van der Waals surface area contributed by atoms with Crippen LogP contribution in [0.15, 0.2) is 12.4 Å². The van der Waals surface area contributed by atoms with E-state index in [9.17, 15) is 4.79 Å². The number of hydrogen-bond donors (Lipinski definition) is 0. The van der Waals surface area contributed by atoms with Crippen molar-refractivity contribution in [3.8, 4) is 5.88 Å². The number of carbonyl (C=O) groups excluding carboxylic acids is 1. The Morgan fingerprint density at radius 2 is 2.25 bits per heavy atom. The molecular weight excluding hydrogens is 208 g/mol. The van der Waals surface area contributed by atoms with Crippen molar-refractivity contribution in [2.24, 2.45) is 0 Å². The first-order valence-corrected chi connectivity index (χ1v) is 5.40. The lowest BCUT2D eigenvalue weighted by atomic mass is 10.3. The molecule has 0 amide bonds. The standard InChI is InChI=1S/C11H14N2O3/c1-2-15-11(14)7-16-10-6-12-9(5-13-10)8-3-4-8/h5-6,8H,2-4,7H2,1H3. The lowest BCUT2D eigenvalue weighted by Gasteiger charge is -2.04. The fourth-order valence-electron chi connectivity index (χ4n) is 1.33. The molecule has 1 aliphatic rings. The predicted molar refractivity (Wildman–Crippen MR) is 56.1 cm³/mol. The molecule has 2 rings (SSSR count). The van der Waals surface area contributed by atoms with Gasteiger partial charge in [0.15, 0.2) is 6.61 Å². The van der Waals surface area contributed by atoms with E-state index >= 15 is 0 Å². The van der Waals surface area contributed by atoms with Crippen molar-refractivity contribution in [1.82, 2.24) is 9.97 Å². The third-order valence-corrected chi connectivity index (χ3v) is 2.29. The van der Waals surface area contributed by atoms with Gasteiger partial charge in [-0.2, -0.15) is 0 Å². The second-order valence-electron chi connectivity index (χ2n) is 3.65. The van der Waals surface area contributed by atoms with Crippen LogP contribution in [0.4, 0.5) is 0 Å². The van der Waals surface area contributed by atoms with Crippen LogP contribution in [-0.4, -0.2) is 29.2 Å². The zero-order chi connectivity index (χ0) is 11.4. The van der Waals surface area contributed by atoms with Crippen molar-refractivity contribution < 1.29 is 14.3 Å². The van der Waals surface area contributed by atoms with Crippen molar-refractivity contribution in [2.45, 2.75) is 25.7 Å². The Bertz CT molecular complexity index is 360. The van der Waals surface area contributed by atoms with E-state index in [1.54, 1.807) is 19.3 Å². The molecule has 0 aromatic carbocycles. The van der Waals surface area contributed by atoms with Crippen LogP contribution < -0.4 is 4.74 Å². The van der Waals surface area contributed by atoms with Gasteiger partial charge in [-0.15, -0.1) is 0 Å². The summed E-state index contributed by atoms with van der Waals surface area (Å²) in [6.45, 7) is 1.99. The Morgan fingerprint density at radius 1 is 1.44 bits per heavy atom. The molecule has 0 atom stereocenters. The largest absolute Gasteiger partial charge is 0.465 e. The van der Waals surface area contributed by atoms with Gasteiger partial charge in [-0.3, -0.25) is 4.98 Å². The van der Waals surface area contributed by atoms with E-state index in [2.05, 4.69) is 9.97 Å². The smallest absolute Gasteiger partial charge is 0.344 e. The molecule has 0 unspecified atom stereocenters. The maximum Gasteiger partial charge on any atom is 0.344 e. The first-order valence-electron chi connectivity index (χ1n) is 5.40. The Labute approximate surface area is 93.8 Å². The minimum absolute atomic E-state index is 0.120. The van der Waals surface area contributed by atoms with Crippen LogP contribution in [-0.2, 0) is 9.53 Å². The number of esters is 1. The van der Waals surface area contributed by atoms with E-state index < -0.39 is 5.97 Å². The molecule has 0 radical (unpaired) electrons. The molecule has 0 N–H and O–H groups in total. The van der Waals surface area contributed by atoms with Gasteiger partial charge in [-0.25, -0.2) is 9.78 Å². The molecule has 5 nitrogen and oxygen atoms in total. The SMILES string of the molecule is CCOC(=O)COc1cnc(C2CC2)cn1. The number of ether oxygens (including phenoxy) is 2. The van der Waals surface area contributed by atoms with E-state index in [4.69, 9.17) is 9.47 Å². The molecule has 0 saturated heterocycles. The fourth-order valence-corrected chi connectivity index (χ4v) is 1.33. The van der Waals surface area contributed by atoms with Crippen LogP contribution in [0.1, 0.15) is 31.4 Å². The summed E-state index contributed by atoms with van der Waals surface area (Å²) >= 11 is 0. The molecule has 1 aromatic rings. The summed E-state index contributed by atoms with van der Waals surface area (Å²) in [5.74, 6) is 0.541. The van der Waals surface area contributed by atoms with Crippen LogP contribution in [0, 0.1) is 0 Å². The van der Waals surface area contributed by atoms with Crippen LogP contribution in [0.3, 0.4) is 0 Å². The van der Waals surface area contributed by atoms with Crippen LogP contribution in [0.25, 0.3) is 0 Å². The fraction of sp³-hybridized carbons (Fsp3) is 0.545. The third-order valence-electron chi connectivity index (χ3n) is 2.29. The number of aromatic nitrogens is 2. The number of nitrogens with zero attached hydrogens (tertiary/aromatic N) is 2. The Morgan fingerprint density at radius 3 is 2.81 bits per heavy atom. The number of carbonyl (C=O) groups is 1. The molecular formula is C11H14N2O3. The van der Waals surface area contributed by atoms with Gasteiger partial charge in [0.2, 0.25) is 5.88 Å². The molecule has 1 aromatic heterocycles. The highest BCUT2D eigenvalue weighted by Crippen LogP contribution is 2.38.